The maximum atomic E-state index is 11.8. The fourth-order valence-electron chi connectivity index (χ4n) is 4.38. The summed E-state index contributed by atoms with van der Waals surface area (Å²) >= 11 is 6.14. The van der Waals surface area contributed by atoms with E-state index in [0.29, 0.717) is 11.2 Å². The van der Waals surface area contributed by atoms with E-state index in [9.17, 15) is 29.7 Å². The zero-order valence-corrected chi connectivity index (χ0v) is 23.5. The van der Waals surface area contributed by atoms with E-state index in [2.05, 4.69) is 20.4 Å². The number of aliphatic hydroxyl groups is 3. The summed E-state index contributed by atoms with van der Waals surface area (Å²) in [5.74, 6) is 0.493. The van der Waals surface area contributed by atoms with Gasteiger partial charge in [-0.2, -0.15) is 15.1 Å². The van der Waals surface area contributed by atoms with Gasteiger partial charge in [0.1, 0.15) is 24.1 Å². The number of halogens is 1. The second-order valence-corrected chi connectivity index (χ2v) is 10.9. The Hall–Kier alpha value is -0.450. The van der Waals surface area contributed by atoms with Gasteiger partial charge in [0, 0.05) is 13.2 Å². The Morgan fingerprint density at radius 2 is 2.03 bits per heavy atom. The van der Waals surface area contributed by atoms with Crippen molar-refractivity contribution in [2.45, 2.75) is 61.6 Å². The van der Waals surface area contributed by atoms with Crippen LogP contribution < -0.4 is 39.8 Å². The number of methoxy groups -OCH3 is 1. The molecule has 0 radical (unpaired) electrons. The van der Waals surface area contributed by atoms with Crippen molar-refractivity contribution >= 4 is 36.0 Å². The zero-order valence-electron chi connectivity index (χ0n) is 19.9. The summed E-state index contributed by atoms with van der Waals surface area (Å²) in [6.07, 6.45) is 0.241. The van der Waals surface area contributed by atoms with Crippen LogP contribution in [0.3, 0.4) is 0 Å². The molecule has 0 aromatic carbocycles. The summed E-state index contributed by atoms with van der Waals surface area (Å²) < 4.78 is 28.9. The molecule has 5 N–H and O–H groups in total. The van der Waals surface area contributed by atoms with Gasteiger partial charge in [0.25, 0.3) is 0 Å². The first-order valence-corrected chi connectivity index (χ1v) is 13.0. The Morgan fingerprint density at radius 3 is 2.64 bits per heavy atom. The Balaban J connectivity index is 0.00000361. The number of nitrogens with one attached hydrogen (secondary N) is 1. The molecule has 6 atom stereocenters. The molecule has 4 rings (SSSR count). The van der Waals surface area contributed by atoms with Crippen molar-refractivity contribution in [3.8, 4) is 0 Å². The number of rotatable bonds is 10. The fraction of sp³-hybridized carbons (Fsp3) is 0.737. The third-order valence-corrected chi connectivity index (χ3v) is 7.95. The number of ether oxygens (including phenoxy) is 3. The minimum Gasteiger partial charge on any atom is -0.776 e. The molecule has 196 valence electrons. The largest absolute Gasteiger partial charge is 1.00 e. The van der Waals surface area contributed by atoms with E-state index in [4.69, 9.17) is 25.8 Å². The molecule has 2 aromatic rings. The topological polar surface area (TPSA) is 204 Å². The van der Waals surface area contributed by atoms with Crippen LogP contribution in [0, 0.1) is 0 Å². The number of hydrogen-bond donors (Lipinski definition) is 5. The summed E-state index contributed by atoms with van der Waals surface area (Å²) in [6, 6.07) is 0.242. The van der Waals surface area contributed by atoms with Crippen LogP contribution in [0.5, 0.6) is 0 Å². The van der Waals surface area contributed by atoms with Gasteiger partial charge in [-0.05, 0) is 24.4 Å². The minimum atomic E-state index is -5.24. The quantitative estimate of drug-likeness (QED) is 0.108. The smallest absolute Gasteiger partial charge is 0.776 e. The average molecular weight is 560 g/mol. The van der Waals surface area contributed by atoms with Crippen LogP contribution in [0.4, 0.5) is 5.82 Å². The van der Waals surface area contributed by atoms with Crippen molar-refractivity contribution in [1.29, 1.82) is 0 Å². The number of aromatic nitrogens is 4. The number of aliphatic hydroxyl groups excluding tert-OH is 3. The molecule has 14 nitrogen and oxygen atoms in total. The standard InChI is InChI=1S/C19H29ClN5O9P.Na/c1-32-9-19(8-26,35(29,30)31)33-7-12-13(27)14(28)17(34-12)25-16-11(6-21-25)15(23-18(20)24-16)22-10-4-2-3-5-10;/h6,10,12-14,17,26-28H,2-5,7-9H2,1H3,(H,22,23,24)(H2,29,30,31);/q;+1/p-1/t12-,13?,14+,17-,19-;/m1./s1. The molecular weight excluding hydrogens is 532 g/mol. The molecule has 3 heterocycles. The van der Waals surface area contributed by atoms with Gasteiger partial charge in [0.2, 0.25) is 5.28 Å². The van der Waals surface area contributed by atoms with Crippen LogP contribution in [-0.2, 0) is 18.8 Å². The van der Waals surface area contributed by atoms with E-state index in [-0.39, 0.29) is 46.5 Å². The maximum absolute atomic E-state index is 11.8. The second-order valence-electron chi connectivity index (χ2n) is 8.71. The molecule has 1 saturated heterocycles. The molecule has 1 saturated carbocycles. The Bertz CT molecular complexity index is 1090. The van der Waals surface area contributed by atoms with E-state index in [1.807, 2.05) is 0 Å². The molecule has 2 aliphatic rings. The van der Waals surface area contributed by atoms with Gasteiger partial charge in [0.05, 0.1) is 31.4 Å². The predicted molar refractivity (Wildman–Crippen MR) is 120 cm³/mol. The molecule has 0 amide bonds. The van der Waals surface area contributed by atoms with E-state index in [1.165, 1.54) is 10.9 Å². The van der Waals surface area contributed by atoms with Crippen LogP contribution in [0.1, 0.15) is 31.9 Å². The van der Waals surface area contributed by atoms with Crippen LogP contribution >= 0.6 is 19.2 Å². The van der Waals surface area contributed by atoms with Crippen molar-refractivity contribution < 1.29 is 73.4 Å². The van der Waals surface area contributed by atoms with Gasteiger partial charge >= 0.3 is 29.6 Å². The first kappa shape index (κ1) is 30.1. The van der Waals surface area contributed by atoms with E-state index in [1.54, 1.807) is 0 Å². The molecular formula is C19H28ClN5NaO9P. The molecule has 0 spiro atoms. The second kappa shape index (κ2) is 12.2. The molecule has 2 aromatic heterocycles. The third kappa shape index (κ3) is 5.91. The number of hydrogen-bond acceptors (Lipinski definition) is 12. The van der Waals surface area contributed by atoms with Crippen molar-refractivity contribution in [2.75, 3.05) is 32.2 Å². The van der Waals surface area contributed by atoms with Gasteiger partial charge in [-0.3, -0.25) is 0 Å². The van der Waals surface area contributed by atoms with E-state index >= 15 is 0 Å². The molecule has 0 bridgehead atoms. The van der Waals surface area contributed by atoms with Gasteiger partial charge in [-0.1, -0.05) is 12.8 Å². The molecule has 1 aliphatic heterocycles. The van der Waals surface area contributed by atoms with Crippen LogP contribution in [0.2, 0.25) is 5.28 Å². The van der Waals surface area contributed by atoms with Crippen LogP contribution in [0.15, 0.2) is 6.20 Å². The van der Waals surface area contributed by atoms with Gasteiger partial charge < -0.3 is 49.2 Å². The Kier molecular flexibility index (Phi) is 10.2. The van der Waals surface area contributed by atoms with Crippen molar-refractivity contribution in [3.63, 3.8) is 0 Å². The van der Waals surface area contributed by atoms with Crippen molar-refractivity contribution in [2.24, 2.45) is 0 Å². The predicted octanol–water partition coefficient (Wildman–Crippen LogP) is -3.65. The molecule has 17 heteroatoms. The number of nitrogens with zero attached hydrogens (tertiary/aromatic N) is 4. The molecule has 2 fully saturated rings. The molecule has 1 aliphatic carbocycles. The first-order chi connectivity index (χ1) is 16.6. The van der Waals surface area contributed by atoms with Crippen LogP contribution in [-0.4, -0.2) is 96.6 Å². The first-order valence-electron chi connectivity index (χ1n) is 11.1. The van der Waals surface area contributed by atoms with E-state index < -0.39 is 57.3 Å². The zero-order chi connectivity index (χ0) is 25.4. The number of anilines is 1. The summed E-state index contributed by atoms with van der Waals surface area (Å²) in [7, 11) is -4.08. The normalized spacial score (nSPS) is 28.1. The van der Waals surface area contributed by atoms with Gasteiger partial charge in [-0.15, -0.1) is 0 Å². The minimum absolute atomic E-state index is 0. The Morgan fingerprint density at radius 1 is 1.33 bits per heavy atom. The molecule has 2 unspecified atom stereocenters. The maximum Gasteiger partial charge on any atom is 1.00 e. The summed E-state index contributed by atoms with van der Waals surface area (Å²) in [6.45, 7) is -2.39. The fourth-order valence-corrected chi connectivity index (χ4v) is 5.25. The Labute approximate surface area is 233 Å². The SMILES string of the molecule is COC[C@](CO)(OC[C@H]1O[C@@H](n2ncc3c(NC4CCCC4)nc(Cl)nc32)[C@@H](O)C1O)P(=O)([O-])O.[Na+]. The monoisotopic (exact) mass is 559 g/mol. The van der Waals surface area contributed by atoms with E-state index in [0.717, 1.165) is 32.8 Å². The summed E-state index contributed by atoms with van der Waals surface area (Å²) in [5, 5.41) is 36.4. The van der Waals surface area contributed by atoms with Gasteiger partial charge in [-0.25, -0.2) is 4.68 Å². The van der Waals surface area contributed by atoms with Crippen LogP contribution in [0.25, 0.3) is 11.0 Å². The number of fused-ring (bicyclic) bond motifs is 1. The van der Waals surface area contributed by atoms with Crippen molar-refractivity contribution in [1.82, 2.24) is 19.7 Å². The summed E-state index contributed by atoms with van der Waals surface area (Å²) in [5.41, 5.74) is 0.256. The van der Waals surface area contributed by atoms with Gasteiger partial charge in [0.15, 0.2) is 24.8 Å². The molecule has 36 heavy (non-hydrogen) atoms. The summed E-state index contributed by atoms with van der Waals surface area (Å²) in [4.78, 5) is 29.9. The third-order valence-electron chi connectivity index (χ3n) is 6.35. The average Bonchev–Trinajstić information content (AvgIpc) is 3.52. The van der Waals surface area contributed by atoms with Crippen molar-refractivity contribution in [3.05, 3.63) is 11.5 Å².